The Morgan fingerprint density at radius 2 is 2.10 bits per heavy atom. The molecule has 0 saturated carbocycles. The van der Waals surface area contributed by atoms with E-state index >= 15 is 0 Å². The Morgan fingerprint density at radius 3 is 2.75 bits per heavy atom. The molecule has 1 fully saturated rings. The first-order chi connectivity index (χ1) is 9.65. The van der Waals surface area contributed by atoms with Crippen molar-refractivity contribution in [2.75, 3.05) is 32.8 Å². The van der Waals surface area contributed by atoms with E-state index in [1.165, 1.54) is 6.07 Å². The number of hydrogen-bond donors (Lipinski definition) is 2. The van der Waals surface area contributed by atoms with Crippen LogP contribution in [0.15, 0.2) is 12.1 Å². The van der Waals surface area contributed by atoms with E-state index in [1.54, 1.807) is 6.07 Å². The quantitative estimate of drug-likeness (QED) is 0.877. The van der Waals surface area contributed by atoms with Gasteiger partial charge in [-0.3, -0.25) is 4.90 Å². The Kier molecular flexibility index (Phi) is 5.78. The van der Waals surface area contributed by atoms with Gasteiger partial charge in [0.15, 0.2) is 0 Å². The number of halogens is 2. The lowest BCUT2D eigenvalue weighted by Crippen LogP contribution is -2.45. The summed E-state index contributed by atoms with van der Waals surface area (Å²) in [5.41, 5.74) is 1.48. The Hall–Kier alpha value is -0.680. The lowest BCUT2D eigenvalue weighted by atomic mass is 9.97. The van der Waals surface area contributed by atoms with E-state index < -0.39 is 0 Å². The van der Waals surface area contributed by atoms with Gasteiger partial charge >= 0.3 is 0 Å². The van der Waals surface area contributed by atoms with Gasteiger partial charge in [-0.05, 0) is 31.4 Å². The fourth-order valence-corrected chi connectivity index (χ4v) is 3.05. The van der Waals surface area contributed by atoms with E-state index in [9.17, 15) is 4.39 Å². The Balaban J connectivity index is 2.32. The molecule has 1 heterocycles. The minimum atomic E-state index is -0.248. The Bertz CT molecular complexity index is 450. The summed E-state index contributed by atoms with van der Waals surface area (Å²) in [4.78, 5) is 2.26. The molecule has 20 heavy (non-hydrogen) atoms. The predicted molar refractivity (Wildman–Crippen MR) is 79.7 cm³/mol. The molecular formula is C15H22ClFN2O. The zero-order valence-corrected chi connectivity index (χ0v) is 12.6. The highest BCUT2D eigenvalue weighted by atomic mass is 35.5. The van der Waals surface area contributed by atoms with Gasteiger partial charge < -0.3 is 10.4 Å². The second kappa shape index (κ2) is 7.36. The van der Waals surface area contributed by atoms with Crippen molar-refractivity contribution < 1.29 is 9.50 Å². The second-order valence-corrected chi connectivity index (χ2v) is 5.64. The second-order valence-electron chi connectivity index (χ2n) is 5.26. The molecule has 1 aromatic rings. The third kappa shape index (κ3) is 3.50. The van der Waals surface area contributed by atoms with Crippen molar-refractivity contribution >= 4 is 11.6 Å². The van der Waals surface area contributed by atoms with Crippen molar-refractivity contribution in [2.24, 2.45) is 0 Å². The van der Waals surface area contributed by atoms with Gasteiger partial charge in [-0.1, -0.05) is 17.7 Å². The van der Waals surface area contributed by atoms with Crippen LogP contribution in [0.4, 0.5) is 4.39 Å². The van der Waals surface area contributed by atoms with Gasteiger partial charge in [0.25, 0.3) is 0 Å². The molecule has 0 unspecified atom stereocenters. The third-order valence-electron chi connectivity index (χ3n) is 3.88. The molecule has 112 valence electrons. The van der Waals surface area contributed by atoms with Crippen LogP contribution in [-0.2, 0) is 0 Å². The molecule has 0 radical (unpaired) electrons. The van der Waals surface area contributed by atoms with Crippen LogP contribution >= 0.6 is 11.6 Å². The molecule has 0 amide bonds. The number of aliphatic hydroxyl groups is 1. The van der Waals surface area contributed by atoms with Gasteiger partial charge in [0.05, 0.1) is 5.02 Å². The van der Waals surface area contributed by atoms with Crippen molar-refractivity contribution in [3.63, 3.8) is 0 Å². The van der Waals surface area contributed by atoms with Gasteiger partial charge in [0, 0.05) is 44.4 Å². The van der Waals surface area contributed by atoms with Gasteiger partial charge in [0.1, 0.15) is 5.82 Å². The standard InChI is InChI=1S/C15H22ClFN2O/c1-11-4-5-12(17)14(15(11)16)13(3-2-10-20)19-8-6-18-7-9-19/h4-5,13,18,20H,2-3,6-10H2,1H3/t13-/m1/s1. The fourth-order valence-electron chi connectivity index (χ4n) is 2.77. The summed E-state index contributed by atoms with van der Waals surface area (Å²) in [5, 5.41) is 12.9. The molecule has 0 aliphatic carbocycles. The summed E-state index contributed by atoms with van der Waals surface area (Å²) >= 11 is 6.35. The molecule has 3 nitrogen and oxygen atoms in total. The van der Waals surface area contributed by atoms with Crippen LogP contribution in [0.2, 0.25) is 5.02 Å². The maximum Gasteiger partial charge on any atom is 0.129 e. The summed E-state index contributed by atoms with van der Waals surface area (Å²) in [6, 6.07) is 3.14. The van der Waals surface area contributed by atoms with Crippen molar-refractivity contribution in [3.8, 4) is 0 Å². The molecule has 5 heteroatoms. The molecule has 2 rings (SSSR count). The number of nitrogens with zero attached hydrogens (tertiary/aromatic N) is 1. The maximum atomic E-state index is 14.3. The van der Waals surface area contributed by atoms with E-state index in [0.717, 1.165) is 38.2 Å². The lowest BCUT2D eigenvalue weighted by Gasteiger charge is -2.36. The zero-order chi connectivity index (χ0) is 14.5. The summed E-state index contributed by atoms with van der Waals surface area (Å²) in [6.45, 7) is 5.57. The molecule has 1 saturated heterocycles. The van der Waals surface area contributed by atoms with Crippen molar-refractivity contribution in [2.45, 2.75) is 25.8 Å². The van der Waals surface area contributed by atoms with Crippen LogP contribution in [0.3, 0.4) is 0 Å². The first-order valence-electron chi connectivity index (χ1n) is 7.15. The van der Waals surface area contributed by atoms with Crippen LogP contribution in [0.1, 0.15) is 30.0 Å². The Labute approximate surface area is 124 Å². The summed E-state index contributed by atoms with van der Waals surface area (Å²) in [5.74, 6) is -0.248. The van der Waals surface area contributed by atoms with Crippen LogP contribution in [0, 0.1) is 12.7 Å². The van der Waals surface area contributed by atoms with Crippen molar-refractivity contribution in [1.29, 1.82) is 0 Å². The first kappa shape index (κ1) is 15.7. The number of rotatable bonds is 5. The molecule has 1 aromatic carbocycles. The highest BCUT2D eigenvalue weighted by Crippen LogP contribution is 2.35. The molecule has 0 spiro atoms. The monoisotopic (exact) mass is 300 g/mol. The third-order valence-corrected chi connectivity index (χ3v) is 4.38. The van der Waals surface area contributed by atoms with E-state index in [4.69, 9.17) is 16.7 Å². The topological polar surface area (TPSA) is 35.5 Å². The van der Waals surface area contributed by atoms with Crippen LogP contribution in [0.25, 0.3) is 0 Å². The lowest BCUT2D eigenvalue weighted by molar-refractivity contribution is 0.152. The number of aryl methyl sites for hydroxylation is 1. The number of hydrogen-bond acceptors (Lipinski definition) is 3. The molecular weight excluding hydrogens is 279 g/mol. The summed E-state index contributed by atoms with van der Waals surface area (Å²) < 4.78 is 14.3. The summed E-state index contributed by atoms with van der Waals surface area (Å²) in [7, 11) is 0. The average molecular weight is 301 g/mol. The minimum absolute atomic E-state index is 0.0587. The fraction of sp³-hybridized carbons (Fsp3) is 0.600. The highest BCUT2D eigenvalue weighted by Gasteiger charge is 2.26. The van der Waals surface area contributed by atoms with Crippen molar-refractivity contribution in [3.05, 3.63) is 34.1 Å². The molecule has 0 aromatic heterocycles. The molecule has 1 aliphatic rings. The van der Waals surface area contributed by atoms with E-state index in [0.29, 0.717) is 17.0 Å². The average Bonchev–Trinajstić information content (AvgIpc) is 2.47. The minimum Gasteiger partial charge on any atom is -0.396 e. The first-order valence-corrected chi connectivity index (χ1v) is 7.53. The predicted octanol–water partition coefficient (Wildman–Crippen LogP) is 2.51. The van der Waals surface area contributed by atoms with Crippen molar-refractivity contribution in [1.82, 2.24) is 10.2 Å². The van der Waals surface area contributed by atoms with Gasteiger partial charge in [-0.25, -0.2) is 4.39 Å². The van der Waals surface area contributed by atoms with E-state index in [2.05, 4.69) is 10.2 Å². The van der Waals surface area contributed by atoms with E-state index in [-0.39, 0.29) is 18.5 Å². The zero-order valence-electron chi connectivity index (χ0n) is 11.8. The SMILES string of the molecule is Cc1ccc(F)c([C@@H](CCCO)N2CCNCC2)c1Cl. The molecule has 1 aliphatic heterocycles. The Morgan fingerprint density at radius 1 is 1.40 bits per heavy atom. The number of aliphatic hydroxyl groups excluding tert-OH is 1. The summed E-state index contributed by atoms with van der Waals surface area (Å²) in [6.07, 6.45) is 1.37. The van der Waals surface area contributed by atoms with Crippen LogP contribution in [-0.4, -0.2) is 42.8 Å². The normalized spacial score (nSPS) is 18.2. The molecule has 0 bridgehead atoms. The van der Waals surface area contributed by atoms with Gasteiger partial charge in [0.2, 0.25) is 0 Å². The molecule has 2 N–H and O–H groups in total. The highest BCUT2D eigenvalue weighted by molar-refractivity contribution is 6.32. The number of benzene rings is 1. The van der Waals surface area contributed by atoms with Crippen LogP contribution in [0.5, 0.6) is 0 Å². The molecule has 1 atom stereocenters. The maximum absolute atomic E-state index is 14.3. The number of nitrogens with one attached hydrogen (secondary N) is 1. The largest absolute Gasteiger partial charge is 0.396 e. The van der Waals surface area contributed by atoms with Crippen LogP contribution < -0.4 is 5.32 Å². The van der Waals surface area contributed by atoms with E-state index in [1.807, 2.05) is 6.92 Å². The van der Waals surface area contributed by atoms with Gasteiger partial charge in [-0.2, -0.15) is 0 Å². The smallest absolute Gasteiger partial charge is 0.129 e. The number of piperazine rings is 1. The van der Waals surface area contributed by atoms with Gasteiger partial charge in [-0.15, -0.1) is 0 Å².